The molecule has 1 aliphatic rings. The van der Waals surface area contributed by atoms with Gasteiger partial charge in [0.25, 0.3) is 5.91 Å². The van der Waals surface area contributed by atoms with Crippen molar-refractivity contribution >= 4 is 21.6 Å². The largest absolute Gasteiger partial charge is 0.345 e. The first kappa shape index (κ1) is 19.2. The fourth-order valence-electron chi connectivity index (χ4n) is 3.47. The fourth-order valence-corrected chi connectivity index (χ4v) is 4.35. The number of aryl methyl sites for hydroxylation is 1. The number of carbonyl (C=O) groups excluding carboxylic acids is 1. The molecule has 0 spiro atoms. The van der Waals surface area contributed by atoms with Crippen molar-refractivity contribution in [1.82, 2.24) is 5.32 Å². The van der Waals surface area contributed by atoms with Crippen LogP contribution in [0.5, 0.6) is 0 Å². The molecule has 0 radical (unpaired) electrons. The number of carbonyl (C=O) groups is 1. The molecule has 2 aromatic rings. The van der Waals surface area contributed by atoms with E-state index in [0.29, 0.717) is 11.3 Å². The highest BCUT2D eigenvalue weighted by molar-refractivity contribution is 7.92. The smallest absolute Gasteiger partial charge is 0.251 e. The van der Waals surface area contributed by atoms with Gasteiger partial charge in [0.15, 0.2) is 0 Å². The van der Waals surface area contributed by atoms with Gasteiger partial charge in [0.1, 0.15) is 0 Å². The van der Waals surface area contributed by atoms with Crippen molar-refractivity contribution in [2.75, 3.05) is 17.1 Å². The molecular formula is C21H24N2O3S. The number of rotatable bonds is 6. The van der Waals surface area contributed by atoms with Gasteiger partial charge in [-0.3, -0.25) is 9.10 Å². The second kappa shape index (κ2) is 7.96. The first-order valence-corrected chi connectivity index (χ1v) is 10.8. The summed E-state index contributed by atoms with van der Waals surface area (Å²) in [6, 6.07) is 14.8. The summed E-state index contributed by atoms with van der Waals surface area (Å²) >= 11 is 0. The summed E-state index contributed by atoms with van der Waals surface area (Å²) in [5, 5.41) is 3.11. The minimum atomic E-state index is -3.41. The van der Waals surface area contributed by atoms with Gasteiger partial charge in [-0.2, -0.15) is 0 Å². The summed E-state index contributed by atoms with van der Waals surface area (Å²) in [7, 11) is -3.41. The lowest BCUT2D eigenvalue weighted by molar-refractivity contribution is 0.0933. The van der Waals surface area contributed by atoms with Gasteiger partial charge in [-0.15, -0.1) is 6.58 Å². The lowest BCUT2D eigenvalue weighted by atomic mass is 9.87. The average Bonchev–Trinajstić information content (AvgIpc) is 2.65. The quantitative estimate of drug-likeness (QED) is 0.776. The van der Waals surface area contributed by atoms with Crippen LogP contribution in [0.3, 0.4) is 0 Å². The normalized spacial score (nSPS) is 16.3. The number of sulfonamides is 1. The van der Waals surface area contributed by atoms with Crippen LogP contribution in [0.25, 0.3) is 0 Å². The summed E-state index contributed by atoms with van der Waals surface area (Å²) in [5.41, 5.74) is 3.49. The second-order valence-electron chi connectivity index (χ2n) is 6.75. The minimum absolute atomic E-state index is 0.00964. The Kier molecular flexibility index (Phi) is 5.65. The monoisotopic (exact) mass is 384 g/mol. The van der Waals surface area contributed by atoms with Crippen molar-refractivity contribution in [2.45, 2.75) is 25.3 Å². The molecule has 1 N–H and O–H groups in total. The Labute approximate surface area is 160 Å². The number of fused-ring (bicyclic) bond motifs is 1. The average molecular weight is 385 g/mol. The summed E-state index contributed by atoms with van der Waals surface area (Å²) in [6.07, 6.45) is 5.69. The van der Waals surface area contributed by atoms with Crippen LogP contribution in [-0.4, -0.2) is 27.1 Å². The minimum Gasteiger partial charge on any atom is -0.345 e. The molecule has 1 atom stereocenters. The second-order valence-corrected chi connectivity index (χ2v) is 8.65. The van der Waals surface area contributed by atoms with E-state index >= 15 is 0 Å². The maximum absolute atomic E-state index is 12.7. The summed E-state index contributed by atoms with van der Waals surface area (Å²) < 4.78 is 25.1. The van der Waals surface area contributed by atoms with Crippen LogP contribution in [0.15, 0.2) is 61.2 Å². The number of amides is 1. The van der Waals surface area contributed by atoms with Crippen LogP contribution in [0.4, 0.5) is 5.69 Å². The predicted molar refractivity (Wildman–Crippen MR) is 108 cm³/mol. The van der Waals surface area contributed by atoms with Gasteiger partial charge in [0, 0.05) is 5.56 Å². The number of benzene rings is 2. The number of hydrogen-bond acceptors (Lipinski definition) is 3. The molecular weight excluding hydrogens is 360 g/mol. The Morgan fingerprint density at radius 3 is 2.59 bits per heavy atom. The Morgan fingerprint density at radius 1 is 1.22 bits per heavy atom. The van der Waals surface area contributed by atoms with Crippen molar-refractivity contribution in [3.05, 3.63) is 77.9 Å². The summed E-state index contributed by atoms with van der Waals surface area (Å²) in [5.74, 6) is -0.155. The van der Waals surface area contributed by atoms with Crippen LogP contribution < -0.4 is 9.62 Å². The Morgan fingerprint density at radius 2 is 1.93 bits per heavy atom. The summed E-state index contributed by atoms with van der Waals surface area (Å²) in [6.45, 7) is 3.78. The van der Waals surface area contributed by atoms with Gasteiger partial charge >= 0.3 is 0 Å². The van der Waals surface area contributed by atoms with Crippen LogP contribution in [0, 0.1) is 0 Å². The van der Waals surface area contributed by atoms with Gasteiger partial charge in [0.2, 0.25) is 10.0 Å². The van der Waals surface area contributed by atoms with Crippen molar-refractivity contribution in [3.63, 3.8) is 0 Å². The third-order valence-electron chi connectivity index (χ3n) is 4.79. The van der Waals surface area contributed by atoms with E-state index in [9.17, 15) is 13.2 Å². The van der Waals surface area contributed by atoms with Crippen LogP contribution in [0.2, 0.25) is 0 Å². The highest BCUT2D eigenvalue weighted by atomic mass is 32.2. The third-order valence-corrected chi connectivity index (χ3v) is 5.95. The molecule has 6 heteroatoms. The van der Waals surface area contributed by atoms with Crippen LogP contribution in [0.1, 0.15) is 40.4 Å². The van der Waals surface area contributed by atoms with E-state index in [1.54, 1.807) is 24.3 Å². The lowest BCUT2D eigenvalue weighted by Crippen LogP contribution is -2.31. The first-order valence-electron chi connectivity index (χ1n) is 8.97. The highest BCUT2D eigenvalue weighted by Crippen LogP contribution is 2.29. The van der Waals surface area contributed by atoms with Crippen LogP contribution >= 0.6 is 0 Å². The van der Waals surface area contributed by atoms with Crippen molar-refractivity contribution in [3.8, 4) is 0 Å². The molecule has 0 bridgehead atoms. The van der Waals surface area contributed by atoms with E-state index in [4.69, 9.17) is 0 Å². The highest BCUT2D eigenvalue weighted by Gasteiger charge is 2.22. The maximum Gasteiger partial charge on any atom is 0.251 e. The number of hydrogen-bond donors (Lipinski definition) is 1. The van der Waals surface area contributed by atoms with Crippen molar-refractivity contribution in [1.29, 1.82) is 0 Å². The Hall–Kier alpha value is -2.60. The van der Waals surface area contributed by atoms with E-state index < -0.39 is 10.0 Å². The predicted octanol–water partition coefficient (Wildman–Crippen LogP) is 3.45. The molecule has 0 aliphatic heterocycles. The van der Waals surface area contributed by atoms with Gasteiger partial charge in [-0.25, -0.2) is 8.42 Å². The molecule has 0 aromatic heterocycles. The lowest BCUT2D eigenvalue weighted by Gasteiger charge is -2.26. The molecule has 142 valence electrons. The third kappa shape index (κ3) is 4.39. The van der Waals surface area contributed by atoms with Gasteiger partial charge in [-0.1, -0.05) is 30.3 Å². The molecule has 0 fully saturated rings. The van der Waals surface area contributed by atoms with Gasteiger partial charge in [-0.05, 0) is 54.7 Å². The number of nitrogens with zero attached hydrogens (tertiary/aromatic N) is 1. The molecule has 0 heterocycles. The molecule has 1 aliphatic carbocycles. The molecule has 2 aromatic carbocycles. The molecule has 3 rings (SSSR count). The molecule has 27 heavy (non-hydrogen) atoms. The van der Waals surface area contributed by atoms with E-state index in [2.05, 4.69) is 24.0 Å². The number of nitrogens with one attached hydrogen (secondary N) is 1. The SMILES string of the molecule is C=CCN(c1ccc(C(=O)NC2CCCc3ccccc32)cc1)S(C)(=O)=O. The standard InChI is InChI=1S/C21H24N2O3S/c1-3-15-23(27(2,25)26)18-13-11-17(12-14-18)21(24)22-20-10-6-8-16-7-4-5-9-19(16)20/h3-5,7,9,11-14,20H,1,6,8,10,15H2,2H3,(H,22,24). The zero-order valence-electron chi connectivity index (χ0n) is 15.4. The van der Waals surface area contributed by atoms with E-state index in [0.717, 1.165) is 25.5 Å². The molecule has 1 unspecified atom stereocenters. The van der Waals surface area contributed by atoms with Crippen molar-refractivity contribution < 1.29 is 13.2 Å². The Bertz CT molecular complexity index is 936. The van der Waals surface area contributed by atoms with E-state index in [1.807, 2.05) is 12.1 Å². The topological polar surface area (TPSA) is 66.5 Å². The van der Waals surface area contributed by atoms with Crippen molar-refractivity contribution in [2.24, 2.45) is 0 Å². The molecule has 5 nitrogen and oxygen atoms in total. The molecule has 0 saturated carbocycles. The fraction of sp³-hybridized carbons (Fsp3) is 0.286. The zero-order valence-corrected chi connectivity index (χ0v) is 16.2. The molecule has 1 amide bonds. The summed E-state index contributed by atoms with van der Waals surface area (Å²) in [4.78, 5) is 12.7. The van der Waals surface area contributed by atoms with Gasteiger partial charge in [0.05, 0.1) is 24.5 Å². The zero-order chi connectivity index (χ0) is 19.4. The van der Waals surface area contributed by atoms with E-state index in [1.165, 1.54) is 21.5 Å². The maximum atomic E-state index is 12.7. The molecule has 0 saturated heterocycles. The van der Waals surface area contributed by atoms with Gasteiger partial charge < -0.3 is 5.32 Å². The van der Waals surface area contributed by atoms with E-state index in [-0.39, 0.29) is 18.5 Å². The van der Waals surface area contributed by atoms with Crippen LogP contribution in [-0.2, 0) is 16.4 Å². The number of anilines is 1. The first-order chi connectivity index (χ1) is 12.9. The Balaban J connectivity index is 1.76.